The van der Waals surface area contributed by atoms with E-state index in [-0.39, 0.29) is 0 Å². The van der Waals surface area contributed by atoms with Gasteiger partial charge in [0.1, 0.15) is 0 Å². The van der Waals surface area contributed by atoms with Gasteiger partial charge in [0.2, 0.25) is 0 Å². The van der Waals surface area contributed by atoms with Crippen LogP contribution >= 0.6 is 0 Å². The Hall–Kier alpha value is -0.350. The highest BCUT2D eigenvalue weighted by molar-refractivity contribution is 7.93. The Morgan fingerprint density at radius 3 is 2.25 bits per heavy atom. The van der Waals surface area contributed by atoms with Crippen LogP contribution in [-0.2, 0) is 9.84 Å². The Kier molecular flexibility index (Phi) is 2.71. The van der Waals surface area contributed by atoms with Crippen molar-refractivity contribution in [1.29, 1.82) is 0 Å². The number of sulfone groups is 1. The van der Waals surface area contributed by atoms with E-state index < -0.39 is 9.84 Å². The summed E-state index contributed by atoms with van der Waals surface area (Å²) in [5.74, 6) is 0. The molecule has 3 nitrogen and oxygen atoms in total. The summed E-state index contributed by atoms with van der Waals surface area (Å²) in [4.78, 5) is 0. The summed E-state index contributed by atoms with van der Waals surface area (Å²) in [6.45, 7) is 0.521. The largest absolute Gasteiger partial charge is 0.354 e. The molecule has 0 aliphatic rings. The quantitative estimate of drug-likeness (QED) is 0.517. The van der Waals surface area contributed by atoms with Gasteiger partial charge in [0, 0.05) is 11.7 Å². The lowest BCUT2D eigenvalue weighted by Gasteiger charge is -1.79. The maximum Gasteiger partial charge on any atom is 0.168 e. The molecule has 0 saturated heterocycles. The highest BCUT2D eigenvalue weighted by Gasteiger charge is 1.89. The van der Waals surface area contributed by atoms with Gasteiger partial charge in [-0.3, -0.25) is 0 Å². The topological polar surface area (TPSA) is 61.8 Å². The standard InChI is InChI=1S/C4H9NO2S/c1-8(6,7)4-2-3-5/h2,4H,3,5H2,1H3/p+1/b4-2+. The van der Waals surface area contributed by atoms with Crippen LogP contribution in [0.1, 0.15) is 0 Å². The van der Waals surface area contributed by atoms with E-state index in [0.717, 1.165) is 11.7 Å². The first-order valence-corrected chi connectivity index (χ1v) is 4.17. The van der Waals surface area contributed by atoms with Crippen molar-refractivity contribution in [2.45, 2.75) is 0 Å². The molecule has 48 valence electrons. The summed E-state index contributed by atoms with van der Waals surface area (Å²) in [7, 11) is -2.91. The SMILES string of the molecule is CS(=O)(=O)/C=C/C[NH3+]. The zero-order valence-corrected chi connectivity index (χ0v) is 5.61. The maximum absolute atomic E-state index is 10.3. The van der Waals surface area contributed by atoms with Gasteiger partial charge in [0.15, 0.2) is 9.84 Å². The van der Waals surface area contributed by atoms with Crippen LogP contribution in [0.2, 0.25) is 0 Å². The molecular formula is C4H10NO2S+. The summed E-state index contributed by atoms with van der Waals surface area (Å²) in [5.41, 5.74) is 3.44. The van der Waals surface area contributed by atoms with E-state index in [0.29, 0.717) is 6.54 Å². The Balaban J connectivity index is 3.92. The fourth-order valence-corrected chi connectivity index (χ4v) is 0.729. The first-order chi connectivity index (χ1) is 3.56. The molecule has 8 heavy (non-hydrogen) atoms. The second-order valence-electron chi connectivity index (χ2n) is 1.49. The van der Waals surface area contributed by atoms with Gasteiger partial charge in [0.05, 0.1) is 6.54 Å². The first-order valence-electron chi connectivity index (χ1n) is 2.22. The van der Waals surface area contributed by atoms with Gasteiger partial charge in [-0.15, -0.1) is 0 Å². The average Bonchev–Trinajstić information content (AvgIpc) is 1.59. The van der Waals surface area contributed by atoms with Crippen molar-refractivity contribution in [3.05, 3.63) is 11.5 Å². The molecular weight excluding hydrogens is 126 g/mol. The van der Waals surface area contributed by atoms with Gasteiger partial charge >= 0.3 is 0 Å². The Labute approximate surface area is 49.1 Å². The molecule has 0 heterocycles. The Morgan fingerprint density at radius 2 is 2.12 bits per heavy atom. The van der Waals surface area contributed by atoms with Crippen molar-refractivity contribution in [3.8, 4) is 0 Å². The third-order valence-electron chi connectivity index (χ3n) is 0.510. The molecule has 0 unspecified atom stereocenters. The van der Waals surface area contributed by atoms with Gasteiger partial charge in [0.25, 0.3) is 0 Å². The third-order valence-corrected chi connectivity index (χ3v) is 1.20. The van der Waals surface area contributed by atoms with E-state index in [1.54, 1.807) is 0 Å². The number of quaternary nitrogens is 1. The van der Waals surface area contributed by atoms with E-state index in [2.05, 4.69) is 5.73 Å². The second-order valence-corrected chi connectivity index (χ2v) is 3.42. The number of hydrogen-bond acceptors (Lipinski definition) is 2. The summed E-state index contributed by atoms with van der Waals surface area (Å²) < 4.78 is 20.6. The molecule has 0 bridgehead atoms. The van der Waals surface area contributed by atoms with Crippen molar-refractivity contribution in [2.75, 3.05) is 12.8 Å². The highest BCUT2D eigenvalue weighted by atomic mass is 32.2. The van der Waals surface area contributed by atoms with Crippen LogP contribution in [0.15, 0.2) is 11.5 Å². The van der Waals surface area contributed by atoms with Crippen LogP contribution in [0.3, 0.4) is 0 Å². The minimum atomic E-state index is -2.91. The van der Waals surface area contributed by atoms with Crippen LogP contribution in [-0.4, -0.2) is 21.2 Å². The van der Waals surface area contributed by atoms with Crippen molar-refractivity contribution >= 4 is 9.84 Å². The molecule has 0 amide bonds. The molecule has 0 aromatic heterocycles. The minimum Gasteiger partial charge on any atom is -0.354 e. The molecule has 0 radical (unpaired) electrons. The molecule has 0 aromatic carbocycles. The predicted octanol–water partition coefficient (Wildman–Crippen LogP) is -1.21. The second kappa shape index (κ2) is 2.84. The zero-order valence-electron chi connectivity index (χ0n) is 4.79. The van der Waals surface area contributed by atoms with Crippen molar-refractivity contribution < 1.29 is 14.2 Å². The number of hydrogen-bond donors (Lipinski definition) is 1. The Morgan fingerprint density at radius 1 is 1.62 bits per heavy atom. The van der Waals surface area contributed by atoms with Crippen LogP contribution in [0, 0.1) is 0 Å². The van der Waals surface area contributed by atoms with Gasteiger partial charge in [-0.25, -0.2) is 8.42 Å². The lowest BCUT2D eigenvalue weighted by molar-refractivity contribution is -0.352. The van der Waals surface area contributed by atoms with E-state index in [9.17, 15) is 8.42 Å². The average molecular weight is 136 g/mol. The lowest BCUT2D eigenvalue weighted by atomic mass is 10.7. The van der Waals surface area contributed by atoms with Crippen LogP contribution in [0.25, 0.3) is 0 Å². The fraction of sp³-hybridized carbons (Fsp3) is 0.500. The zero-order chi connectivity index (χ0) is 6.62. The maximum atomic E-state index is 10.3. The summed E-state index contributed by atoms with van der Waals surface area (Å²) in [5, 5.41) is 1.15. The molecule has 0 atom stereocenters. The van der Waals surface area contributed by atoms with E-state index in [1.807, 2.05) is 0 Å². The fourth-order valence-electron chi connectivity index (χ4n) is 0.243. The highest BCUT2D eigenvalue weighted by Crippen LogP contribution is 1.81. The van der Waals surface area contributed by atoms with Crippen molar-refractivity contribution in [3.63, 3.8) is 0 Å². The van der Waals surface area contributed by atoms with Crippen LogP contribution in [0.5, 0.6) is 0 Å². The molecule has 0 aliphatic carbocycles. The minimum absolute atomic E-state index is 0.521. The van der Waals surface area contributed by atoms with Crippen LogP contribution in [0.4, 0.5) is 0 Å². The molecule has 3 N–H and O–H groups in total. The summed E-state index contributed by atoms with van der Waals surface area (Å²) >= 11 is 0. The Bertz CT molecular complexity index is 168. The monoisotopic (exact) mass is 136 g/mol. The van der Waals surface area contributed by atoms with Gasteiger partial charge in [-0.1, -0.05) is 0 Å². The molecule has 0 spiro atoms. The summed E-state index contributed by atoms with van der Waals surface area (Å²) in [6.07, 6.45) is 2.66. The van der Waals surface area contributed by atoms with Gasteiger partial charge in [-0.2, -0.15) is 0 Å². The van der Waals surface area contributed by atoms with Gasteiger partial charge in [-0.05, 0) is 6.08 Å². The van der Waals surface area contributed by atoms with E-state index in [1.165, 1.54) is 6.08 Å². The predicted molar refractivity (Wildman–Crippen MR) is 31.7 cm³/mol. The third kappa shape index (κ3) is 5.65. The smallest absolute Gasteiger partial charge is 0.168 e. The molecule has 0 aromatic rings. The molecule has 4 heteroatoms. The van der Waals surface area contributed by atoms with Crippen LogP contribution < -0.4 is 5.73 Å². The van der Waals surface area contributed by atoms with E-state index in [4.69, 9.17) is 0 Å². The first kappa shape index (κ1) is 7.65. The molecule has 0 saturated carbocycles. The lowest BCUT2D eigenvalue weighted by Crippen LogP contribution is -2.49. The number of rotatable bonds is 2. The summed E-state index contributed by atoms with van der Waals surface area (Å²) in [6, 6.07) is 0. The van der Waals surface area contributed by atoms with Crippen molar-refractivity contribution in [1.82, 2.24) is 0 Å². The normalized spacial score (nSPS) is 12.8. The molecule has 0 rings (SSSR count). The van der Waals surface area contributed by atoms with E-state index >= 15 is 0 Å². The molecule has 0 aliphatic heterocycles. The van der Waals surface area contributed by atoms with Gasteiger partial charge < -0.3 is 5.73 Å². The van der Waals surface area contributed by atoms with Crippen molar-refractivity contribution in [2.24, 2.45) is 0 Å². The molecule has 0 fully saturated rings.